The molecule has 0 unspecified atom stereocenters. The number of fused-ring (bicyclic) bond motifs is 1. The zero-order valence-corrected chi connectivity index (χ0v) is 14.3. The van der Waals surface area contributed by atoms with Crippen LogP contribution in [0.15, 0.2) is 17.3 Å². The van der Waals surface area contributed by atoms with E-state index in [1.165, 1.54) is 4.90 Å². The molecular weight excluding hydrogens is 298 g/mol. The summed E-state index contributed by atoms with van der Waals surface area (Å²) >= 11 is 0. The van der Waals surface area contributed by atoms with Crippen molar-refractivity contribution < 1.29 is 19.1 Å². The van der Waals surface area contributed by atoms with Crippen molar-refractivity contribution in [2.24, 2.45) is 5.16 Å². The van der Waals surface area contributed by atoms with Crippen molar-refractivity contribution in [1.29, 1.82) is 0 Å². The number of hydrogen-bond donors (Lipinski definition) is 0. The van der Waals surface area contributed by atoms with Crippen LogP contribution in [0.1, 0.15) is 18.9 Å². The quantitative estimate of drug-likeness (QED) is 0.629. The van der Waals surface area contributed by atoms with Gasteiger partial charge in [0.1, 0.15) is 0 Å². The Balaban J connectivity index is 2.44. The minimum atomic E-state index is -0.502. The number of rotatable bonds is 4. The summed E-state index contributed by atoms with van der Waals surface area (Å²) in [7, 11) is 6.43. The van der Waals surface area contributed by atoms with Gasteiger partial charge in [-0.25, -0.2) is 4.79 Å². The fraction of sp³-hybridized carbons (Fsp3) is 0.500. The summed E-state index contributed by atoms with van der Waals surface area (Å²) in [4.78, 5) is 20.1. The molecule has 2 rings (SSSR count). The lowest BCUT2D eigenvalue weighted by molar-refractivity contribution is 0.122. The van der Waals surface area contributed by atoms with Crippen molar-refractivity contribution in [2.75, 3.05) is 46.3 Å². The Morgan fingerprint density at radius 2 is 1.91 bits per heavy atom. The maximum absolute atomic E-state index is 11.6. The number of carbonyl (C=O) groups is 1. The number of carbonyl (C=O) groups excluding carboxylic acids is 1. The van der Waals surface area contributed by atoms with Gasteiger partial charge in [-0.05, 0) is 13.0 Å². The van der Waals surface area contributed by atoms with E-state index in [1.807, 2.05) is 12.1 Å². The zero-order valence-electron chi connectivity index (χ0n) is 14.3. The highest BCUT2D eigenvalue weighted by Crippen LogP contribution is 2.38. The summed E-state index contributed by atoms with van der Waals surface area (Å²) in [5, 5.41) is 4.05. The molecule has 0 saturated carbocycles. The van der Waals surface area contributed by atoms with E-state index in [-0.39, 0.29) is 0 Å². The van der Waals surface area contributed by atoms with Crippen LogP contribution in [0, 0.1) is 0 Å². The summed E-state index contributed by atoms with van der Waals surface area (Å²) in [5.74, 6) is 1.28. The average molecular weight is 321 g/mol. The summed E-state index contributed by atoms with van der Waals surface area (Å²) in [6.07, 6.45) is 0.189. The van der Waals surface area contributed by atoms with E-state index >= 15 is 0 Å². The molecule has 0 aliphatic carbocycles. The predicted molar refractivity (Wildman–Crippen MR) is 88.8 cm³/mol. The molecule has 1 aromatic carbocycles. The molecule has 0 bridgehead atoms. The molecule has 0 aromatic heterocycles. The first-order valence-electron chi connectivity index (χ1n) is 7.48. The van der Waals surface area contributed by atoms with Crippen molar-refractivity contribution in [3.63, 3.8) is 0 Å². The maximum Gasteiger partial charge on any atom is 0.435 e. The van der Waals surface area contributed by atoms with Gasteiger partial charge < -0.3 is 19.3 Å². The molecule has 0 saturated heterocycles. The third-order valence-corrected chi connectivity index (χ3v) is 3.75. The number of amides is 1. The molecule has 1 amide bonds. The van der Waals surface area contributed by atoms with Crippen LogP contribution in [0.5, 0.6) is 11.5 Å². The first kappa shape index (κ1) is 16.9. The van der Waals surface area contributed by atoms with E-state index < -0.39 is 6.09 Å². The highest BCUT2D eigenvalue weighted by molar-refractivity contribution is 6.07. The minimum Gasteiger partial charge on any atom is -0.493 e. The Morgan fingerprint density at radius 3 is 2.48 bits per heavy atom. The van der Waals surface area contributed by atoms with Crippen LogP contribution in [0.4, 0.5) is 10.5 Å². The minimum absolute atomic E-state index is 0.502. The van der Waals surface area contributed by atoms with Crippen LogP contribution in [0.3, 0.4) is 0 Å². The van der Waals surface area contributed by atoms with Gasteiger partial charge in [0.2, 0.25) is 0 Å². The van der Waals surface area contributed by atoms with E-state index in [2.05, 4.69) is 17.0 Å². The Hall–Kier alpha value is -2.44. The molecule has 7 heteroatoms. The Kier molecular flexibility index (Phi) is 5.31. The Morgan fingerprint density at radius 1 is 1.26 bits per heavy atom. The van der Waals surface area contributed by atoms with Crippen LogP contribution in [-0.2, 0) is 4.84 Å². The average Bonchev–Trinajstić information content (AvgIpc) is 2.57. The number of methoxy groups -OCH3 is 2. The lowest BCUT2D eigenvalue weighted by Crippen LogP contribution is -2.32. The lowest BCUT2D eigenvalue weighted by atomic mass is 9.99. The normalized spacial score (nSPS) is 15.2. The van der Waals surface area contributed by atoms with Gasteiger partial charge in [0, 0.05) is 50.9 Å². The molecule has 1 aromatic rings. The SMILES string of the molecule is CCN1CC/C(=N\OC(=O)N(C)C)c2cc(OC)c(OC)cc21. The van der Waals surface area contributed by atoms with Crippen molar-refractivity contribution in [2.45, 2.75) is 13.3 Å². The molecule has 1 aliphatic rings. The lowest BCUT2D eigenvalue weighted by Gasteiger charge is -2.31. The topological polar surface area (TPSA) is 63.6 Å². The Bertz CT molecular complexity index is 614. The van der Waals surface area contributed by atoms with Gasteiger partial charge in [-0.15, -0.1) is 0 Å². The molecular formula is C16H23N3O4. The van der Waals surface area contributed by atoms with Gasteiger partial charge in [-0.1, -0.05) is 5.16 Å². The van der Waals surface area contributed by atoms with Crippen LogP contribution >= 0.6 is 0 Å². The summed E-state index contributed by atoms with van der Waals surface area (Å²) in [6.45, 7) is 3.76. The molecule has 0 fully saturated rings. The molecule has 7 nitrogen and oxygen atoms in total. The first-order chi connectivity index (χ1) is 11.0. The summed E-state index contributed by atoms with van der Waals surface area (Å²) in [6, 6.07) is 3.80. The summed E-state index contributed by atoms with van der Waals surface area (Å²) < 4.78 is 10.7. The van der Waals surface area contributed by atoms with Crippen LogP contribution in [0.2, 0.25) is 0 Å². The molecule has 1 heterocycles. The molecule has 0 N–H and O–H groups in total. The molecule has 0 spiro atoms. The van der Waals surface area contributed by atoms with Crippen LogP contribution in [-0.4, -0.2) is 58.1 Å². The smallest absolute Gasteiger partial charge is 0.435 e. The highest BCUT2D eigenvalue weighted by Gasteiger charge is 2.24. The van der Waals surface area contributed by atoms with Crippen molar-refractivity contribution in [3.05, 3.63) is 17.7 Å². The molecule has 126 valence electrons. The van der Waals surface area contributed by atoms with E-state index in [4.69, 9.17) is 14.3 Å². The molecule has 0 radical (unpaired) electrons. The first-order valence-corrected chi connectivity index (χ1v) is 7.48. The standard InChI is InChI=1S/C16H23N3O4/c1-6-19-8-7-12(17-23-16(20)18(2)3)11-9-14(21-4)15(22-5)10-13(11)19/h9-10H,6-8H2,1-5H3/b17-12+. The van der Waals surface area contributed by atoms with Gasteiger partial charge in [0.25, 0.3) is 0 Å². The number of oxime groups is 1. The van der Waals surface area contributed by atoms with Gasteiger partial charge in [-0.2, -0.15) is 0 Å². The molecule has 23 heavy (non-hydrogen) atoms. The van der Waals surface area contributed by atoms with Gasteiger partial charge in [0.15, 0.2) is 11.5 Å². The predicted octanol–water partition coefficient (Wildman–Crippen LogP) is 2.34. The maximum atomic E-state index is 11.6. The fourth-order valence-electron chi connectivity index (χ4n) is 2.46. The van der Waals surface area contributed by atoms with Crippen LogP contribution in [0.25, 0.3) is 0 Å². The fourth-order valence-corrected chi connectivity index (χ4v) is 2.46. The van der Waals surface area contributed by atoms with E-state index in [0.717, 1.165) is 30.1 Å². The number of anilines is 1. The highest BCUT2D eigenvalue weighted by atomic mass is 16.7. The largest absolute Gasteiger partial charge is 0.493 e. The van der Waals surface area contributed by atoms with Gasteiger partial charge in [-0.3, -0.25) is 4.84 Å². The molecule has 0 atom stereocenters. The zero-order chi connectivity index (χ0) is 17.0. The number of hydrogen-bond acceptors (Lipinski definition) is 6. The van der Waals surface area contributed by atoms with Crippen molar-refractivity contribution in [1.82, 2.24) is 4.90 Å². The van der Waals surface area contributed by atoms with E-state index in [9.17, 15) is 4.79 Å². The third kappa shape index (κ3) is 3.49. The third-order valence-electron chi connectivity index (χ3n) is 3.75. The van der Waals surface area contributed by atoms with Gasteiger partial charge >= 0.3 is 6.09 Å². The molecule has 1 aliphatic heterocycles. The second-order valence-corrected chi connectivity index (χ2v) is 5.34. The van der Waals surface area contributed by atoms with E-state index in [0.29, 0.717) is 17.9 Å². The monoisotopic (exact) mass is 321 g/mol. The van der Waals surface area contributed by atoms with Crippen molar-refractivity contribution in [3.8, 4) is 11.5 Å². The second-order valence-electron chi connectivity index (χ2n) is 5.34. The van der Waals surface area contributed by atoms with Crippen molar-refractivity contribution >= 4 is 17.5 Å². The van der Waals surface area contributed by atoms with E-state index in [1.54, 1.807) is 28.3 Å². The number of ether oxygens (including phenoxy) is 2. The second kappa shape index (κ2) is 7.21. The van der Waals surface area contributed by atoms with Gasteiger partial charge in [0.05, 0.1) is 19.9 Å². The Labute approximate surface area is 136 Å². The number of nitrogens with zero attached hydrogens (tertiary/aromatic N) is 3. The summed E-state index contributed by atoms with van der Waals surface area (Å²) in [5.41, 5.74) is 2.61. The van der Waals surface area contributed by atoms with Crippen LogP contribution < -0.4 is 14.4 Å². The number of benzene rings is 1.